The summed E-state index contributed by atoms with van der Waals surface area (Å²) in [6, 6.07) is 11.0. The zero-order chi connectivity index (χ0) is 22.0. The van der Waals surface area contributed by atoms with Crippen LogP contribution in [0.1, 0.15) is 26.5 Å². The van der Waals surface area contributed by atoms with Gasteiger partial charge in [-0.05, 0) is 42.5 Å². The molecule has 2 heterocycles. The number of ether oxygens (including phenoxy) is 5. The van der Waals surface area contributed by atoms with Gasteiger partial charge in [-0.15, -0.1) is 0 Å². The molecule has 8 nitrogen and oxygen atoms in total. The lowest BCUT2D eigenvalue weighted by molar-refractivity contribution is 0.0701. The number of furan rings is 1. The third-order valence-corrected chi connectivity index (χ3v) is 4.60. The summed E-state index contributed by atoms with van der Waals surface area (Å²) in [7, 11) is 4.51. The van der Waals surface area contributed by atoms with Crippen LogP contribution in [0.2, 0.25) is 0 Å². The molecule has 1 aliphatic rings. The van der Waals surface area contributed by atoms with Gasteiger partial charge in [0.15, 0.2) is 17.3 Å². The van der Waals surface area contributed by atoms with Gasteiger partial charge in [0.1, 0.15) is 11.5 Å². The van der Waals surface area contributed by atoms with Crippen LogP contribution in [0, 0.1) is 0 Å². The second-order valence-corrected chi connectivity index (χ2v) is 6.39. The van der Waals surface area contributed by atoms with Crippen LogP contribution in [0.3, 0.4) is 0 Å². The van der Waals surface area contributed by atoms with Crippen molar-refractivity contribution in [3.05, 3.63) is 71.4 Å². The molecule has 2 aromatic carbocycles. The minimum Gasteiger partial charge on any atom is -0.493 e. The van der Waals surface area contributed by atoms with Gasteiger partial charge >= 0.3 is 5.97 Å². The molecule has 0 atom stereocenters. The second kappa shape index (κ2) is 8.27. The molecule has 0 saturated heterocycles. The Balaban J connectivity index is 1.62. The van der Waals surface area contributed by atoms with E-state index in [1.165, 1.54) is 51.9 Å². The molecule has 3 aromatic rings. The van der Waals surface area contributed by atoms with Crippen molar-refractivity contribution >= 4 is 17.8 Å². The van der Waals surface area contributed by atoms with E-state index in [4.69, 9.17) is 28.1 Å². The lowest BCUT2D eigenvalue weighted by Crippen LogP contribution is -2.07. The maximum absolute atomic E-state index is 12.8. The summed E-state index contributed by atoms with van der Waals surface area (Å²) >= 11 is 0. The van der Waals surface area contributed by atoms with E-state index in [0.717, 1.165) is 0 Å². The van der Waals surface area contributed by atoms with Crippen LogP contribution in [-0.4, -0.2) is 33.1 Å². The van der Waals surface area contributed by atoms with E-state index in [9.17, 15) is 9.59 Å². The number of allylic oxidation sites excluding steroid dienone is 1. The number of Topliss-reactive ketones (excluding diaryl/α,β-unsaturated/α-hetero) is 1. The molecule has 0 aliphatic carbocycles. The van der Waals surface area contributed by atoms with Crippen LogP contribution in [0.5, 0.6) is 28.7 Å². The van der Waals surface area contributed by atoms with Crippen LogP contribution < -0.4 is 23.7 Å². The predicted molar refractivity (Wildman–Crippen MR) is 109 cm³/mol. The van der Waals surface area contributed by atoms with E-state index < -0.39 is 5.97 Å². The number of carbonyl (C=O) groups is 2. The van der Waals surface area contributed by atoms with Crippen molar-refractivity contribution in [1.82, 2.24) is 0 Å². The lowest BCUT2D eigenvalue weighted by Gasteiger charge is -2.14. The zero-order valence-corrected chi connectivity index (χ0v) is 17.0. The van der Waals surface area contributed by atoms with E-state index in [2.05, 4.69) is 0 Å². The quantitative estimate of drug-likeness (QED) is 0.332. The van der Waals surface area contributed by atoms with Crippen molar-refractivity contribution < 1.29 is 37.7 Å². The minimum atomic E-state index is -0.653. The summed E-state index contributed by atoms with van der Waals surface area (Å²) in [5.74, 6) is 0.985. The van der Waals surface area contributed by atoms with Crippen molar-refractivity contribution in [2.24, 2.45) is 0 Å². The number of hydrogen-bond acceptors (Lipinski definition) is 8. The zero-order valence-electron chi connectivity index (χ0n) is 17.0. The highest BCUT2D eigenvalue weighted by Crippen LogP contribution is 2.42. The molecule has 158 valence electrons. The summed E-state index contributed by atoms with van der Waals surface area (Å²) in [6.45, 7) is 0. The van der Waals surface area contributed by atoms with E-state index in [1.807, 2.05) is 0 Å². The molecule has 0 radical (unpaired) electrons. The van der Waals surface area contributed by atoms with Gasteiger partial charge in [-0.3, -0.25) is 4.79 Å². The van der Waals surface area contributed by atoms with Gasteiger partial charge in [0, 0.05) is 11.6 Å². The van der Waals surface area contributed by atoms with Crippen LogP contribution in [0.15, 0.2) is 58.9 Å². The number of fused-ring (bicyclic) bond motifs is 1. The smallest absolute Gasteiger partial charge is 0.379 e. The Hall–Kier alpha value is -4.20. The van der Waals surface area contributed by atoms with Crippen LogP contribution in [0.4, 0.5) is 0 Å². The predicted octanol–water partition coefficient (Wildman–Crippen LogP) is 4.14. The summed E-state index contributed by atoms with van der Waals surface area (Å²) in [4.78, 5) is 24.8. The number of benzene rings is 2. The van der Waals surface area contributed by atoms with E-state index in [1.54, 1.807) is 24.3 Å². The Labute approximate surface area is 177 Å². The first-order valence-electron chi connectivity index (χ1n) is 9.18. The topological polar surface area (TPSA) is 93.4 Å². The number of hydrogen-bond donors (Lipinski definition) is 0. The first-order chi connectivity index (χ1) is 15.0. The highest BCUT2D eigenvalue weighted by molar-refractivity contribution is 6.14. The molecule has 8 heteroatoms. The van der Waals surface area contributed by atoms with E-state index in [0.29, 0.717) is 28.4 Å². The highest BCUT2D eigenvalue weighted by Gasteiger charge is 2.29. The van der Waals surface area contributed by atoms with Crippen molar-refractivity contribution in [2.45, 2.75) is 0 Å². The van der Waals surface area contributed by atoms with Crippen molar-refractivity contribution in [3.8, 4) is 28.7 Å². The molecule has 0 saturated carbocycles. The normalized spacial score (nSPS) is 13.5. The van der Waals surface area contributed by atoms with Gasteiger partial charge in [0.05, 0.1) is 33.2 Å². The van der Waals surface area contributed by atoms with Crippen LogP contribution in [-0.2, 0) is 0 Å². The molecular weight excluding hydrogens is 404 g/mol. The molecule has 0 unspecified atom stereocenters. The maximum Gasteiger partial charge on any atom is 0.379 e. The summed E-state index contributed by atoms with van der Waals surface area (Å²) in [5.41, 5.74) is 0.921. The molecule has 1 aromatic heterocycles. The molecular formula is C23H18O8. The van der Waals surface area contributed by atoms with Gasteiger partial charge in [0.25, 0.3) is 0 Å². The average Bonchev–Trinajstić information content (AvgIpc) is 3.42. The largest absolute Gasteiger partial charge is 0.493 e. The fraction of sp³-hybridized carbons (Fsp3) is 0.130. The van der Waals surface area contributed by atoms with Gasteiger partial charge in [-0.2, -0.15) is 0 Å². The average molecular weight is 422 g/mol. The number of methoxy groups -OCH3 is 3. The minimum absolute atomic E-state index is 0.0682. The molecule has 31 heavy (non-hydrogen) atoms. The van der Waals surface area contributed by atoms with Crippen LogP contribution in [0.25, 0.3) is 6.08 Å². The summed E-state index contributed by atoms with van der Waals surface area (Å²) < 4.78 is 32.1. The Morgan fingerprint density at radius 3 is 2.45 bits per heavy atom. The summed E-state index contributed by atoms with van der Waals surface area (Å²) in [5, 5.41) is 0. The Bertz CT molecular complexity index is 1170. The molecule has 0 amide bonds. The monoisotopic (exact) mass is 422 g/mol. The van der Waals surface area contributed by atoms with E-state index in [-0.39, 0.29) is 28.8 Å². The molecule has 0 bridgehead atoms. The third kappa shape index (κ3) is 3.71. The number of esters is 1. The Morgan fingerprint density at radius 2 is 1.77 bits per heavy atom. The molecule has 0 fully saturated rings. The second-order valence-electron chi connectivity index (χ2n) is 6.39. The van der Waals surface area contributed by atoms with Gasteiger partial charge in [0.2, 0.25) is 17.3 Å². The Kier molecular flexibility index (Phi) is 5.36. The van der Waals surface area contributed by atoms with Gasteiger partial charge in [-0.1, -0.05) is 0 Å². The molecule has 1 aliphatic heterocycles. The van der Waals surface area contributed by atoms with Crippen molar-refractivity contribution in [2.75, 3.05) is 21.3 Å². The lowest BCUT2D eigenvalue weighted by atomic mass is 10.1. The first kappa shape index (κ1) is 20.1. The Morgan fingerprint density at radius 1 is 0.968 bits per heavy atom. The molecule has 4 rings (SSSR count). The van der Waals surface area contributed by atoms with Gasteiger partial charge < -0.3 is 28.1 Å². The number of ketones is 1. The van der Waals surface area contributed by atoms with E-state index >= 15 is 0 Å². The van der Waals surface area contributed by atoms with Crippen molar-refractivity contribution in [3.63, 3.8) is 0 Å². The first-order valence-corrected chi connectivity index (χ1v) is 9.18. The number of carbonyl (C=O) groups excluding carboxylic acids is 2. The fourth-order valence-corrected chi connectivity index (χ4v) is 3.16. The standard InChI is InChI=1S/C23H18O8/c1-26-16-9-6-13(21(27-2)22(16)28-3)11-19-20(24)15-8-7-14(12-18(15)31-19)30-23(25)17-5-4-10-29-17/h4-12H,1-3H3/b19-11-. The SMILES string of the molecule is COc1ccc(/C=C2\Oc3cc(OC(=O)c4ccco4)ccc3C2=O)c(OC)c1OC. The maximum atomic E-state index is 12.8. The third-order valence-electron chi connectivity index (χ3n) is 4.60. The van der Waals surface area contributed by atoms with Crippen LogP contribution >= 0.6 is 0 Å². The number of rotatable bonds is 6. The molecule has 0 spiro atoms. The van der Waals surface area contributed by atoms with Gasteiger partial charge in [-0.25, -0.2) is 4.79 Å². The molecule has 0 N–H and O–H groups in total. The highest BCUT2D eigenvalue weighted by atomic mass is 16.6. The fourth-order valence-electron chi connectivity index (χ4n) is 3.16. The summed E-state index contributed by atoms with van der Waals surface area (Å²) in [6.07, 6.45) is 2.93. The van der Waals surface area contributed by atoms with Crippen molar-refractivity contribution in [1.29, 1.82) is 0 Å².